The molecule has 7 heteroatoms. The fourth-order valence-corrected chi connectivity index (χ4v) is 4.54. The van der Waals surface area contributed by atoms with Gasteiger partial charge in [0.25, 0.3) is 0 Å². The van der Waals surface area contributed by atoms with E-state index in [0.717, 1.165) is 32.6 Å². The summed E-state index contributed by atoms with van der Waals surface area (Å²) in [6, 6.07) is 17.8. The Balaban J connectivity index is 1.64. The lowest BCUT2D eigenvalue weighted by Gasteiger charge is -2.38. The second-order valence-corrected chi connectivity index (χ2v) is 8.54. The van der Waals surface area contributed by atoms with Crippen LogP contribution in [0.3, 0.4) is 0 Å². The molecule has 2 heterocycles. The van der Waals surface area contributed by atoms with Gasteiger partial charge in [0.2, 0.25) is 6.23 Å². The van der Waals surface area contributed by atoms with E-state index in [1.165, 1.54) is 12.1 Å². The Kier molecular flexibility index (Phi) is 4.91. The maximum Gasteiger partial charge on any atom is 0.217 e. The van der Waals surface area contributed by atoms with Crippen LogP contribution in [0.25, 0.3) is 0 Å². The van der Waals surface area contributed by atoms with Gasteiger partial charge in [0.05, 0.1) is 24.4 Å². The lowest BCUT2D eigenvalue weighted by Crippen LogP contribution is -2.34. The predicted octanol–water partition coefficient (Wildman–Crippen LogP) is 6.49. The van der Waals surface area contributed by atoms with Crippen molar-refractivity contribution in [2.45, 2.75) is 18.7 Å². The van der Waals surface area contributed by atoms with Crippen LogP contribution in [0.4, 0.5) is 4.39 Å². The minimum absolute atomic E-state index is 0.0545. The molecule has 0 aliphatic carbocycles. The van der Waals surface area contributed by atoms with Gasteiger partial charge in [-0.05, 0) is 54.1 Å². The highest BCUT2D eigenvalue weighted by molar-refractivity contribution is 9.10. The standard InChI is InChI=1S/C23H17BrClFN2O2/c1-29-21-8-4-14(24)10-18(21)23-28-20(17-11-15(25)5-9-22(17)30-23)12-19(27-28)13-2-6-16(26)7-3-13/h2-11,20,23H,12H2,1H3/t20-,23+/m0/s1. The van der Waals surface area contributed by atoms with E-state index in [1.54, 1.807) is 19.2 Å². The molecular formula is C23H17BrClFN2O2. The molecule has 0 spiro atoms. The van der Waals surface area contributed by atoms with E-state index in [1.807, 2.05) is 41.4 Å². The van der Waals surface area contributed by atoms with Crippen LogP contribution in [0.2, 0.25) is 5.02 Å². The van der Waals surface area contributed by atoms with Crippen molar-refractivity contribution < 1.29 is 13.9 Å². The molecule has 152 valence electrons. The molecule has 0 saturated heterocycles. The van der Waals surface area contributed by atoms with Gasteiger partial charge in [-0.2, -0.15) is 5.10 Å². The smallest absolute Gasteiger partial charge is 0.217 e. The van der Waals surface area contributed by atoms with Gasteiger partial charge >= 0.3 is 0 Å². The van der Waals surface area contributed by atoms with E-state index < -0.39 is 6.23 Å². The number of hydrogen-bond donors (Lipinski definition) is 0. The summed E-state index contributed by atoms with van der Waals surface area (Å²) in [5.41, 5.74) is 3.60. The van der Waals surface area contributed by atoms with Crippen molar-refractivity contribution in [1.29, 1.82) is 0 Å². The molecule has 3 aromatic rings. The van der Waals surface area contributed by atoms with Crippen molar-refractivity contribution in [2.75, 3.05) is 7.11 Å². The maximum atomic E-state index is 13.4. The van der Waals surface area contributed by atoms with E-state index in [-0.39, 0.29) is 11.9 Å². The van der Waals surface area contributed by atoms with Crippen LogP contribution in [-0.4, -0.2) is 17.8 Å². The molecule has 0 saturated carbocycles. The number of methoxy groups -OCH3 is 1. The topological polar surface area (TPSA) is 34.1 Å². The van der Waals surface area contributed by atoms with Crippen molar-refractivity contribution in [1.82, 2.24) is 5.01 Å². The minimum atomic E-state index is -0.478. The molecule has 0 radical (unpaired) electrons. The fourth-order valence-electron chi connectivity index (χ4n) is 3.98. The lowest BCUT2D eigenvalue weighted by molar-refractivity contribution is -0.0203. The first-order valence-electron chi connectivity index (χ1n) is 9.45. The third kappa shape index (κ3) is 3.34. The second-order valence-electron chi connectivity index (χ2n) is 7.19. The van der Waals surface area contributed by atoms with Crippen molar-refractivity contribution >= 4 is 33.2 Å². The Bertz CT molecular complexity index is 1150. The summed E-state index contributed by atoms with van der Waals surface area (Å²) < 4.78 is 26.3. The predicted molar refractivity (Wildman–Crippen MR) is 118 cm³/mol. The highest BCUT2D eigenvalue weighted by Gasteiger charge is 2.42. The third-order valence-electron chi connectivity index (χ3n) is 5.39. The van der Waals surface area contributed by atoms with Gasteiger partial charge in [-0.3, -0.25) is 0 Å². The summed E-state index contributed by atoms with van der Waals surface area (Å²) in [6.45, 7) is 0. The van der Waals surface area contributed by atoms with E-state index >= 15 is 0 Å². The number of hydrogen-bond acceptors (Lipinski definition) is 4. The summed E-state index contributed by atoms with van der Waals surface area (Å²) in [5.74, 6) is 1.21. The Morgan fingerprint density at radius 3 is 2.67 bits per heavy atom. The molecule has 4 nitrogen and oxygen atoms in total. The number of hydrazone groups is 1. The van der Waals surface area contributed by atoms with E-state index in [9.17, 15) is 4.39 Å². The molecule has 3 aromatic carbocycles. The van der Waals surface area contributed by atoms with Crippen LogP contribution in [0, 0.1) is 5.82 Å². The number of ether oxygens (including phenoxy) is 2. The largest absolute Gasteiger partial charge is 0.496 e. The van der Waals surface area contributed by atoms with E-state index in [4.69, 9.17) is 26.2 Å². The van der Waals surface area contributed by atoms with Crippen LogP contribution in [0.15, 0.2) is 70.2 Å². The second kappa shape index (κ2) is 7.60. The molecule has 0 N–H and O–H groups in total. The molecule has 0 aromatic heterocycles. The van der Waals surface area contributed by atoms with Crippen molar-refractivity contribution in [3.8, 4) is 11.5 Å². The first kappa shape index (κ1) is 19.4. The molecule has 2 atom stereocenters. The van der Waals surface area contributed by atoms with Gasteiger partial charge in [0.15, 0.2) is 0 Å². The van der Waals surface area contributed by atoms with Crippen molar-refractivity contribution in [3.63, 3.8) is 0 Å². The van der Waals surface area contributed by atoms with Crippen LogP contribution in [0.5, 0.6) is 11.5 Å². The number of benzene rings is 3. The first-order chi connectivity index (χ1) is 14.5. The normalized spacial score (nSPS) is 19.6. The molecule has 30 heavy (non-hydrogen) atoms. The Morgan fingerprint density at radius 1 is 1.10 bits per heavy atom. The minimum Gasteiger partial charge on any atom is -0.496 e. The van der Waals surface area contributed by atoms with Crippen LogP contribution < -0.4 is 9.47 Å². The van der Waals surface area contributed by atoms with Gasteiger partial charge in [-0.15, -0.1) is 0 Å². The fraction of sp³-hybridized carbons (Fsp3) is 0.174. The summed E-state index contributed by atoms with van der Waals surface area (Å²) in [5, 5.41) is 7.48. The summed E-state index contributed by atoms with van der Waals surface area (Å²) >= 11 is 9.82. The van der Waals surface area contributed by atoms with Crippen molar-refractivity contribution in [2.24, 2.45) is 5.10 Å². The molecule has 0 unspecified atom stereocenters. The Morgan fingerprint density at radius 2 is 1.90 bits per heavy atom. The van der Waals surface area contributed by atoms with Crippen LogP contribution in [0.1, 0.15) is 35.4 Å². The lowest BCUT2D eigenvalue weighted by atomic mass is 9.96. The van der Waals surface area contributed by atoms with Gasteiger partial charge < -0.3 is 9.47 Å². The third-order valence-corrected chi connectivity index (χ3v) is 6.12. The number of nitrogens with zero attached hydrogens (tertiary/aromatic N) is 2. The first-order valence-corrected chi connectivity index (χ1v) is 10.6. The van der Waals surface area contributed by atoms with Gasteiger partial charge in [-0.25, -0.2) is 9.40 Å². The zero-order chi connectivity index (χ0) is 20.8. The summed E-state index contributed by atoms with van der Waals surface area (Å²) in [6.07, 6.45) is 0.184. The molecule has 2 aliphatic heterocycles. The molecule has 0 fully saturated rings. The van der Waals surface area contributed by atoms with Crippen molar-refractivity contribution in [3.05, 3.63) is 92.7 Å². The highest BCUT2D eigenvalue weighted by Crippen LogP contribution is 2.49. The molecule has 0 amide bonds. The van der Waals surface area contributed by atoms with Gasteiger partial charge in [0, 0.05) is 21.5 Å². The van der Waals surface area contributed by atoms with E-state index in [0.29, 0.717) is 17.2 Å². The quantitative estimate of drug-likeness (QED) is 0.423. The maximum absolute atomic E-state index is 13.4. The summed E-state index contributed by atoms with van der Waals surface area (Å²) in [7, 11) is 1.64. The average Bonchev–Trinajstić information content (AvgIpc) is 3.19. The average molecular weight is 488 g/mol. The number of rotatable bonds is 3. The number of halogens is 3. The molecule has 2 aliphatic rings. The van der Waals surface area contributed by atoms with Crippen LogP contribution >= 0.6 is 27.5 Å². The van der Waals surface area contributed by atoms with Gasteiger partial charge in [-0.1, -0.05) is 39.7 Å². The van der Waals surface area contributed by atoms with E-state index in [2.05, 4.69) is 15.9 Å². The zero-order valence-corrected chi connectivity index (χ0v) is 18.3. The summed E-state index contributed by atoms with van der Waals surface area (Å²) in [4.78, 5) is 0. The molecule has 5 rings (SSSR count). The Labute approximate surface area is 187 Å². The zero-order valence-electron chi connectivity index (χ0n) is 16.0. The monoisotopic (exact) mass is 486 g/mol. The SMILES string of the molecule is COc1ccc(Br)cc1[C@H]1Oc2ccc(Cl)cc2[C@@H]2CC(c3ccc(F)cc3)=NN12. The van der Waals surface area contributed by atoms with Gasteiger partial charge in [0.1, 0.15) is 17.3 Å². The van der Waals surface area contributed by atoms with Crippen LogP contribution in [-0.2, 0) is 0 Å². The molecular weight excluding hydrogens is 471 g/mol. The molecule has 0 bridgehead atoms. The highest BCUT2D eigenvalue weighted by atomic mass is 79.9. The number of fused-ring (bicyclic) bond motifs is 3. The Hall–Kier alpha value is -2.57.